The van der Waals surface area contributed by atoms with E-state index in [4.69, 9.17) is 0 Å². The van der Waals surface area contributed by atoms with Gasteiger partial charge in [-0.3, -0.25) is 4.79 Å². The molecule has 0 saturated carbocycles. The molecule has 0 spiro atoms. The smallest absolute Gasteiger partial charge is 0.320 e. The number of carbonyl (C=O) groups is 2. The lowest BCUT2D eigenvalue weighted by Gasteiger charge is -2.37. The second-order valence-corrected chi connectivity index (χ2v) is 6.18. The van der Waals surface area contributed by atoms with Gasteiger partial charge in [-0.05, 0) is 32.0 Å². The van der Waals surface area contributed by atoms with Crippen molar-refractivity contribution >= 4 is 17.6 Å². The van der Waals surface area contributed by atoms with E-state index in [-0.39, 0.29) is 11.9 Å². The van der Waals surface area contributed by atoms with Crippen molar-refractivity contribution in [1.29, 1.82) is 0 Å². The fourth-order valence-electron chi connectivity index (χ4n) is 2.89. The summed E-state index contributed by atoms with van der Waals surface area (Å²) < 4.78 is 0. The van der Waals surface area contributed by atoms with Gasteiger partial charge in [0.05, 0.1) is 0 Å². The molecule has 1 aliphatic heterocycles. The quantitative estimate of drug-likeness (QED) is 0.847. The third-order valence-electron chi connectivity index (χ3n) is 4.48. The molecule has 0 aromatic heterocycles. The molecule has 1 heterocycles. The molecule has 0 aliphatic carbocycles. The molecular formula is C18H28N4O2. The van der Waals surface area contributed by atoms with Crippen LogP contribution in [0.4, 0.5) is 10.5 Å². The molecule has 6 heteroatoms. The molecule has 0 unspecified atom stereocenters. The van der Waals surface area contributed by atoms with Gasteiger partial charge in [0.15, 0.2) is 0 Å². The number of urea groups is 1. The zero-order valence-electron chi connectivity index (χ0n) is 15.2. The van der Waals surface area contributed by atoms with Gasteiger partial charge < -0.3 is 19.6 Å². The van der Waals surface area contributed by atoms with E-state index in [1.165, 1.54) is 0 Å². The average molecular weight is 332 g/mol. The summed E-state index contributed by atoms with van der Waals surface area (Å²) in [7, 11) is 3.92. The van der Waals surface area contributed by atoms with Crippen LogP contribution < -0.4 is 4.90 Å². The van der Waals surface area contributed by atoms with Gasteiger partial charge in [-0.15, -0.1) is 0 Å². The Bertz CT molecular complexity index is 576. The van der Waals surface area contributed by atoms with Crippen LogP contribution in [0.25, 0.3) is 0 Å². The van der Waals surface area contributed by atoms with Crippen LogP contribution in [-0.4, -0.2) is 80.0 Å². The minimum Gasteiger partial charge on any atom is -0.378 e. The minimum atomic E-state index is 0.0358. The molecule has 132 valence electrons. The van der Waals surface area contributed by atoms with Crippen molar-refractivity contribution in [3.8, 4) is 0 Å². The molecule has 3 amide bonds. The Morgan fingerprint density at radius 1 is 1.00 bits per heavy atom. The molecule has 1 aromatic carbocycles. The maximum atomic E-state index is 12.7. The van der Waals surface area contributed by atoms with Crippen molar-refractivity contribution in [3.05, 3.63) is 29.8 Å². The minimum absolute atomic E-state index is 0.0358. The number of amides is 3. The van der Waals surface area contributed by atoms with Gasteiger partial charge in [0.2, 0.25) is 0 Å². The van der Waals surface area contributed by atoms with Crippen molar-refractivity contribution in [1.82, 2.24) is 14.7 Å². The van der Waals surface area contributed by atoms with Crippen molar-refractivity contribution in [2.75, 3.05) is 58.3 Å². The fourth-order valence-corrected chi connectivity index (χ4v) is 2.89. The van der Waals surface area contributed by atoms with Crippen LogP contribution in [0.3, 0.4) is 0 Å². The summed E-state index contributed by atoms with van der Waals surface area (Å²) in [5.41, 5.74) is 1.71. The predicted molar refractivity (Wildman–Crippen MR) is 96.6 cm³/mol. The second-order valence-electron chi connectivity index (χ2n) is 6.18. The van der Waals surface area contributed by atoms with E-state index in [0.29, 0.717) is 44.8 Å². The standard InChI is InChI=1S/C18H28N4O2/c1-5-20(6-2)18(24)22-12-10-21(11-13-22)17(23)15-8-7-9-16(14-15)19(3)4/h7-9,14H,5-6,10-13H2,1-4H3. The number of benzene rings is 1. The second kappa shape index (κ2) is 8.04. The Morgan fingerprint density at radius 3 is 2.12 bits per heavy atom. The highest BCUT2D eigenvalue weighted by Crippen LogP contribution is 2.16. The lowest BCUT2D eigenvalue weighted by Crippen LogP contribution is -2.54. The van der Waals surface area contributed by atoms with E-state index in [9.17, 15) is 9.59 Å². The number of rotatable bonds is 4. The molecule has 0 radical (unpaired) electrons. The molecule has 6 nitrogen and oxygen atoms in total. The van der Waals surface area contributed by atoms with Crippen LogP contribution in [0.5, 0.6) is 0 Å². The van der Waals surface area contributed by atoms with E-state index in [0.717, 1.165) is 5.69 Å². The Morgan fingerprint density at radius 2 is 1.58 bits per heavy atom. The summed E-state index contributed by atoms with van der Waals surface area (Å²) in [5.74, 6) is 0.0358. The number of hydrogen-bond acceptors (Lipinski definition) is 3. The van der Waals surface area contributed by atoms with Gasteiger partial charge in [0, 0.05) is 64.6 Å². The maximum Gasteiger partial charge on any atom is 0.320 e. The largest absolute Gasteiger partial charge is 0.378 e. The van der Waals surface area contributed by atoms with E-state index >= 15 is 0 Å². The van der Waals surface area contributed by atoms with Crippen LogP contribution in [0, 0.1) is 0 Å². The topological polar surface area (TPSA) is 47.1 Å². The maximum absolute atomic E-state index is 12.7. The van der Waals surface area contributed by atoms with Gasteiger partial charge in [0.1, 0.15) is 0 Å². The first kappa shape index (κ1) is 18.1. The molecule has 1 aliphatic rings. The van der Waals surface area contributed by atoms with Gasteiger partial charge in [0.25, 0.3) is 5.91 Å². The SMILES string of the molecule is CCN(CC)C(=O)N1CCN(C(=O)c2cccc(N(C)C)c2)CC1. The first-order chi connectivity index (χ1) is 11.5. The zero-order valence-corrected chi connectivity index (χ0v) is 15.2. The van der Waals surface area contributed by atoms with Crippen molar-refractivity contribution in [2.24, 2.45) is 0 Å². The molecule has 1 fully saturated rings. The lowest BCUT2D eigenvalue weighted by atomic mass is 10.1. The fraction of sp³-hybridized carbons (Fsp3) is 0.556. The number of anilines is 1. The Labute approximate surface area is 144 Å². The van der Waals surface area contributed by atoms with Crippen molar-refractivity contribution in [2.45, 2.75) is 13.8 Å². The zero-order chi connectivity index (χ0) is 17.7. The molecule has 2 rings (SSSR count). The summed E-state index contributed by atoms with van der Waals surface area (Å²) in [4.78, 5) is 32.5. The molecule has 24 heavy (non-hydrogen) atoms. The van der Waals surface area contributed by atoms with Crippen LogP contribution >= 0.6 is 0 Å². The molecular weight excluding hydrogens is 304 g/mol. The third kappa shape index (κ3) is 3.99. The predicted octanol–water partition coefficient (Wildman–Crippen LogP) is 1.97. The van der Waals surface area contributed by atoms with E-state index in [1.807, 2.05) is 71.8 Å². The van der Waals surface area contributed by atoms with E-state index in [1.54, 1.807) is 0 Å². The first-order valence-corrected chi connectivity index (χ1v) is 8.58. The number of carbonyl (C=O) groups excluding carboxylic acids is 2. The normalized spacial score (nSPS) is 14.5. The Kier molecular flexibility index (Phi) is 6.06. The molecule has 1 saturated heterocycles. The number of piperazine rings is 1. The first-order valence-electron chi connectivity index (χ1n) is 8.58. The summed E-state index contributed by atoms with van der Waals surface area (Å²) >= 11 is 0. The number of hydrogen-bond donors (Lipinski definition) is 0. The van der Waals surface area contributed by atoms with Gasteiger partial charge in [-0.25, -0.2) is 4.79 Å². The Hall–Kier alpha value is -2.24. The van der Waals surface area contributed by atoms with Crippen molar-refractivity contribution < 1.29 is 9.59 Å². The van der Waals surface area contributed by atoms with Crippen LogP contribution in [-0.2, 0) is 0 Å². The lowest BCUT2D eigenvalue weighted by molar-refractivity contribution is 0.0641. The highest BCUT2D eigenvalue weighted by Gasteiger charge is 2.26. The summed E-state index contributed by atoms with van der Waals surface area (Å²) in [6.45, 7) is 7.74. The average Bonchev–Trinajstić information content (AvgIpc) is 2.62. The summed E-state index contributed by atoms with van der Waals surface area (Å²) in [6.07, 6.45) is 0. The van der Waals surface area contributed by atoms with E-state index in [2.05, 4.69) is 0 Å². The van der Waals surface area contributed by atoms with Crippen molar-refractivity contribution in [3.63, 3.8) is 0 Å². The summed E-state index contributed by atoms with van der Waals surface area (Å²) in [5, 5.41) is 0. The van der Waals surface area contributed by atoms with Crippen LogP contribution in [0.2, 0.25) is 0 Å². The van der Waals surface area contributed by atoms with Crippen LogP contribution in [0.15, 0.2) is 24.3 Å². The highest BCUT2D eigenvalue weighted by atomic mass is 16.2. The van der Waals surface area contributed by atoms with Crippen LogP contribution in [0.1, 0.15) is 24.2 Å². The number of nitrogens with zero attached hydrogens (tertiary/aromatic N) is 4. The van der Waals surface area contributed by atoms with E-state index < -0.39 is 0 Å². The molecule has 0 atom stereocenters. The highest BCUT2D eigenvalue weighted by molar-refractivity contribution is 5.95. The molecule has 0 bridgehead atoms. The molecule has 1 aromatic rings. The van der Waals surface area contributed by atoms with Gasteiger partial charge in [-0.2, -0.15) is 0 Å². The monoisotopic (exact) mass is 332 g/mol. The third-order valence-corrected chi connectivity index (χ3v) is 4.48. The molecule has 0 N–H and O–H groups in total. The van der Waals surface area contributed by atoms with Gasteiger partial charge in [-0.1, -0.05) is 6.07 Å². The van der Waals surface area contributed by atoms with Gasteiger partial charge >= 0.3 is 6.03 Å². The summed E-state index contributed by atoms with van der Waals surface area (Å²) in [6, 6.07) is 7.72. The Balaban J connectivity index is 1.98.